The third-order valence-corrected chi connectivity index (χ3v) is 2.67. The van der Waals surface area contributed by atoms with Crippen molar-refractivity contribution in [3.05, 3.63) is 40.6 Å². The predicted octanol–water partition coefficient (Wildman–Crippen LogP) is 2.53. The van der Waals surface area contributed by atoms with Crippen molar-refractivity contribution >= 4 is 21.9 Å². The van der Waals surface area contributed by atoms with Gasteiger partial charge in [-0.1, -0.05) is 6.07 Å². The van der Waals surface area contributed by atoms with Crippen LogP contribution in [0.5, 0.6) is 0 Å². The number of hydrogen-bond donors (Lipinski definition) is 1. The Morgan fingerprint density at radius 1 is 1.43 bits per heavy atom. The number of nitrogens with two attached hydrogens (primary N) is 1. The number of rotatable bonds is 1. The number of hydrogen-bond acceptors (Lipinski definition) is 2. The van der Waals surface area contributed by atoms with E-state index < -0.39 is 0 Å². The van der Waals surface area contributed by atoms with Crippen LogP contribution in [0.15, 0.2) is 35.1 Å². The van der Waals surface area contributed by atoms with Crippen LogP contribution < -0.4 is 5.73 Å². The van der Waals surface area contributed by atoms with Crippen molar-refractivity contribution in [1.29, 1.82) is 0 Å². The molecule has 0 amide bonds. The fraction of sp³-hybridized carbons (Fsp3) is 0.100. The summed E-state index contributed by atoms with van der Waals surface area (Å²) in [6.45, 7) is 2.05. The molecular formula is C10H10BrN3. The maximum atomic E-state index is 5.71. The summed E-state index contributed by atoms with van der Waals surface area (Å²) in [6, 6.07) is 6.10. The zero-order chi connectivity index (χ0) is 10.1. The average molecular weight is 252 g/mol. The number of nitrogens with zero attached hydrogens (tertiary/aromatic N) is 2. The van der Waals surface area contributed by atoms with Gasteiger partial charge in [0.2, 0.25) is 5.95 Å². The van der Waals surface area contributed by atoms with Gasteiger partial charge in [-0.2, -0.15) is 0 Å². The number of aryl methyl sites for hydroxylation is 1. The minimum atomic E-state index is 0.495. The van der Waals surface area contributed by atoms with Crippen LogP contribution in [0.1, 0.15) is 5.56 Å². The van der Waals surface area contributed by atoms with Gasteiger partial charge in [-0.05, 0) is 40.5 Å². The fourth-order valence-electron chi connectivity index (χ4n) is 1.33. The molecule has 4 heteroatoms. The first kappa shape index (κ1) is 9.27. The van der Waals surface area contributed by atoms with Gasteiger partial charge in [-0.3, -0.25) is 4.57 Å². The zero-order valence-corrected chi connectivity index (χ0v) is 9.32. The molecule has 0 atom stereocenters. The van der Waals surface area contributed by atoms with Crippen molar-refractivity contribution in [2.45, 2.75) is 6.92 Å². The van der Waals surface area contributed by atoms with Crippen molar-refractivity contribution in [1.82, 2.24) is 9.55 Å². The van der Waals surface area contributed by atoms with Crippen molar-refractivity contribution < 1.29 is 0 Å². The van der Waals surface area contributed by atoms with Crippen molar-refractivity contribution in [2.24, 2.45) is 0 Å². The van der Waals surface area contributed by atoms with Crippen molar-refractivity contribution in [3.8, 4) is 5.69 Å². The highest BCUT2D eigenvalue weighted by molar-refractivity contribution is 9.10. The lowest BCUT2D eigenvalue weighted by atomic mass is 10.2. The highest BCUT2D eigenvalue weighted by Crippen LogP contribution is 2.23. The highest BCUT2D eigenvalue weighted by atomic mass is 79.9. The fourth-order valence-corrected chi connectivity index (χ4v) is 2.01. The average Bonchev–Trinajstić information content (AvgIpc) is 2.52. The lowest BCUT2D eigenvalue weighted by Crippen LogP contribution is -2.00. The summed E-state index contributed by atoms with van der Waals surface area (Å²) in [4.78, 5) is 3.98. The van der Waals surface area contributed by atoms with E-state index in [9.17, 15) is 0 Å². The summed E-state index contributed by atoms with van der Waals surface area (Å²) in [5, 5.41) is 0. The molecule has 14 heavy (non-hydrogen) atoms. The lowest BCUT2D eigenvalue weighted by molar-refractivity contribution is 1.06. The van der Waals surface area contributed by atoms with Gasteiger partial charge in [0.05, 0.1) is 5.69 Å². The van der Waals surface area contributed by atoms with Gasteiger partial charge < -0.3 is 5.73 Å². The molecule has 0 radical (unpaired) electrons. The largest absolute Gasteiger partial charge is 0.369 e. The normalized spacial score (nSPS) is 10.4. The standard InChI is InChI=1S/C10H10BrN3/c1-7-2-3-9(8(11)6-7)14-5-4-13-10(14)12/h2-6H,1H3,(H2,12,13). The van der Waals surface area contributed by atoms with E-state index in [0.29, 0.717) is 5.95 Å². The van der Waals surface area contributed by atoms with Crippen molar-refractivity contribution in [3.63, 3.8) is 0 Å². The summed E-state index contributed by atoms with van der Waals surface area (Å²) in [5.41, 5.74) is 7.92. The molecule has 1 aromatic carbocycles. The highest BCUT2D eigenvalue weighted by Gasteiger charge is 2.04. The van der Waals surface area contributed by atoms with Gasteiger partial charge in [0.1, 0.15) is 0 Å². The minimum absolute atomic E-state index is 0.495. The molecule has 0 aliphatic carbocycles. The summed E-state index contributed by atoms with van der Waals surface area (Å²) >= 11 is 3.50. The monoisotopic (exact) mass is 251 g/mol. The van der Waals surface area contributed by atoms with Crippen LogP contribution in [0, 0.1) is 6.92 Å². The van der Waals surface area contributed by atoms with Crippen LogP contribution >= 0.6 is 15.9 Å². The summed E-state index contributed by atoms with van der Waals surface area (Å²) in [6.07, 6.45) is 3.52. The van der Waals surface area contributed by atoms with Crippen LogP contribution in [-0.2, 0) is 0 Å². The van der Waals surface area contributed by atoms with E-state index in [4.69, 9.17) is 5.73 Å². The van der Waals surface area contributed by atoms with Gasteiger partial charge >= 0.3 is 0 Å². The molecule has 3 nitrogen and oxygen atoms in total. The van der Waals surface area contributed by atoms with E-state index in [-0.39, 0.29) is 0 Å². The third-order valence-electron chi connectivity index (χ3n) is 2.03. The number of nitrogen functional groups attached to an aromatic ring is 1. The maximum absolute atomic E-state index is 5.71. The number of benzene rings is 1. The Kier molecular flexibility index (Phi) is 2.29. The van der Waals surface area contributed by atoms with E-state index in [0.717, 1.165) is 10.2 Å². The van der Waals surface area contributed by atoms with Gasteiger partial charge in [0.25, 0.3) is 0 Å². The Morgan fingerprint density at radius 2 is 2.21 bits per heavy atom. The molecular weight excluding hydrogens is 242 g/mol. The lowest BCUT2D eigenvalue weighted by Gasteiger charge is -2.07. The summed E-state index contributed by atoms with van der Waals surface area (Å²) < 4.78 is 2.85. The quantitative estimate of drug-likeness (QED) is 0.847. The Bertz CT molecular complexity index is 462. The topological polar surface area (TPSA) is 43.8 Å². The Labute approximate surface area is 90.7 Å². The van der Waals surface area contributed by atoms with Gasteiger partial charge in [-0.15, -0.1) is 0 Å². The van der Waals surface area contributed by atoms with E-state index in [2.05, 4.69) is 27.0 Å². The molecule has 0 spiro atoms. The molecule has 1 aromatic heterocycles. The Hall–Kier alpha value is -1.29. The molecule has 0 aliphatic heterocycles. The molecule has 72 valence electrons. The van der Waals surface area contributed by atoms with E-state index >= 15 is 0 Å². The van der Waals surface area contributed by atoms with Crippen LogP contribution in [0.2, 0.25) is 0 Å². The molecule has 2 aromatic rings. The molecule has 0 bridgehead atoms. The maximum Gasteiger partial charge on any atom is 0.204 e. The first-order valence-electron chi connectivity index (χ1n) is 4.24. The minimum Gasteiger partial charge on any atom is -0.369 e. The summed E-state index contributed by atoms with van der Waals surface area (Å²) in [5.74, 6) is 0.495. The molecule has 2 N–H and O–H groups in total. The first-order valence-corrected chi connectivity index (χ1v) is 5.03. The number of anilines is 1. The molecule has 0 saturated carbocycles. The van der Waals surface area contributed by atoms with Gasteiger partial charge in [0, 0.05) is 16.9 Å². The van der Waals surface area contributed by atoms with E-state index in [1.165, 1.54) is 5.56 Å². The zero-order valence-electron chi connectivity index (χ0n) is 7.74. The second kappa shape index (κ2) is 3.46. The molecule has 0 aliphatic rings. The van der Waals surface area contributed by atoms with Crippen molar-refractivity contribution in [2.75, 3.05) is 5.73 Å². The van der Waals surface area contributed by atoms with Crippen LogP contribution in [-0.4, -0.2) is 9.55 Å². The van der Waals surface area contributed by atoms with Crippen LogP contribution in [0.4, 0.5) is 5.95 Å². The second-order valence-electron chi connectivity index (χ2n) is 3.11. The second-order valence-corrected chi connectivity index (χ2v) is 3.96. The van der Waals surface area contributed by atoms with Gasteiger partial charge in [-0.25, -0.2) is 4.98 Å². The SMILES string of the molecule is Cc1ccc(-n2ccnc2N)c(Br)c1. The third kappa shape index (κ3) is 1.53. The summed E-state index contributed by atoms with van der Waals surface area (Å²) in [7, 11) is 0. The Morgan fingerprint density at radius 3 is 2.79 bits per heavy atom. The van der Waals surface area contributed by atoms with Crippen LogP contribution in [0.3, 0.4) is 0 Å². The van der Waals surface area contributed by atoms with E-state index in [1.54, 1.807) is 6.20 Å². The number of aromatic nitrogens is 2. The first-order chi connectivity index (χ1) is 6.68. The smallest absolute Gasteiger partial charge is 0.204 e. The molecule has 1 heterocycles. The molecule has 0 fully saturated rings. The number of imidazole rings is 1. The molecule has 0 saturated heterocycles. The van der Waals surface area contributed by atoms with E-state index in [1.807, 2.05) is 29.8 Å². The van der Waals surface area contributed by atoms with Gasteiger partial charge in [0.15, 0.2) is 0 Å². The molecule has 2 rings (SSSR count). The predicted molar refractivity (Wildman–Crippen MR) is 60.4 cm³/mol. The van der Waals surface area contributed by atoms with Crippen LogP contribution in [0.25, 0.3) is 5.69 Å². The Balaban J connectivity index is 2.58. The molecule has 0 unspecified atom stereocenters. The number of halogens is 1.